The third-order valence-electron chi connectivity index (χ3n) is 5.17. The number of nitrogens with zero attached hydrogens (tertiary/aromatic N) is 1. The number of carbonyl (C=O) groups is 2. The molecular formula is C22H24ClNO5S. The summed E-state index contributed by atoms with van der Waals surface area (Å²) < 4.78 is 10.6. The summed E-state index contributed by atoms with van der Waals surface area (Å²) >= 11 is 7.71. The van der Waals surface area contributed by atoms with E-state index in [0.29, 0.717) is 12.3 Å². The van der Waals surface area contributed by atoms with Crippen molar-refractivity contribution >= 4 is 40.4 Å². The number of carbonyl (C=O) groups excluding carboxylic acids is 2. The maximum atomic E-state index is 13.0. The molecule has 1 fully saturated rings. The van der Waals surface area contributed by atoms with Crippen LogP contribution in [0.25, 0.3) is 5.76 Å². The van der Waals surface area contributed by atoms with Gasteiger partial charge in [-0.25, -0.2) is 0 Å². The van der Waals surface area contributed by atoms with E-state index in [-0.39, 0.29) is 27.7 Å². The van der Waals surface area contributed by atoms with Crippen LogP contribution in [0.15, 0.2) is 29.2 Å². The van der Waals surface area contributed by atoms with E-state index in [4.69, 9.17) is 21.1 Å². The number of thiophene rings is 1. The van der Waals surface area contributed by atoms with E-state index in [1.165, 1.54) is 37.7 Å². The zero-order chi connectivity index (χ0) is 22.0. The fourth-order valence-electron chi connectivity index (χ4n) is 3.57. The largest absolute Gasteiger partial charge is 0.507 e. The minimum Gasteiger partial charge on any atom is -0.507 e. The van der Waals surface area contributed by atoms with Crippen molar-refractivity contribution in [2.75, 3.05) is 20.8 Å². The van der Waals surface area contributed by atoms with Crippen LogP contribution < -0.4 is 9.47 Å². The molecule has 3 rings (SSSR count). The first-order valence-corrected chi connectivity index (χ1v) is 10.9. The Labute approximate surface area is 184 Å². The van der Waals surface area contributed by atoms with E-state index in [0.717, 1.165) is 23.3 Å². The number of halogens is 1. The van der Waals surface area contributed by atoms with Crippen LogP contribution in [0.5, 0.6) is 11.5 Å². The van der Waals surface area contributed by atoms with E-state index >= 15 is 0 Å². The minimum atomic E-state index is -0.713. The molecule has 1 aromatic carbocycles. The molecule has 0 aliphatic carbocycles. The quantitative estimate of drug-likeness (QED) is 0.367. The summed E-state index contributed by atoms with van der Waals surface area (Å²) in [6, 6.07) is 4.30. The second-order valence-corrected chi connectivity index (χ2v) is 8.36. The van der Waals surface area contributed by atoms with E-state index in [2.05, 4.69) is 0 Å². The van der Waals surface area contributed by atoms with Crippen LogP contribution in [0.4, 0.5) is 0 Å². The number of Topliss-reactive ketones (excluding diaryl/α,β-unsaturated/α-hetero) is 1. The van der Waals surface area contributed by atoms with Gasteiger partial charge in [-0.2, -0.15) is 0 Å². The Bertz CT molecular complexity index is 1010. The highest BCUT2D eigenvalue weighted by Gasteiger charge is 2.47. The number of benzene rings is 1. The zero-order valence-electron chi connectivity index (χ0n) is 17.3. The number of hydrogen-bond donors (Lipinski definition) is 1. The highest BCUT2D eigenvalue weighted by molar-refractivity contribution is 7.10. The molecule has 8 heteroatoms. The maximum absolute atomic E-state index is 13.0. The summed E-state index contributed by atoms with van der Waals surface area (Å²) in [5.41, 5.74) is 1.23. The average molecular weight is 450 g/mol. The number of rotatable bonds is 7. The molecule has 1 aliphatic rings. The maximum Gasteiger partial charge on any atom is 0.295 e. The molecule has 30 heavy (non-hydrogen) atoms. The number of aryl methyl sites for hydroxylation is 1. The predicted octanol–water partition coefficient (Wildman–Crippen LogP) is 4.95. The first-order valence-electron chi connectivity index (χ1n) is 9.59. The lowest BCUT2D eigenvalue weighted by atomic mass is 9.97. The zero-order valence-corrected chi connectivity index (χ0v) is 18.9. The van der Waals surface area contributed by atoms with Crippen molar-refractivity contribution in [2.24, 2.45) is 0 Å². The lowest BCUT2D eigenvalue weighted by Gasteiger charge is -2.25. The van der Waals surface area contributed by atoms with Crippen LogP contribution in [0.3, 0.4) is 0 Å². The van der Waals surface area contributed by atoms with Crippen molar-refractivity contribution in [1.82, 2.24) is 4.90 Å². The highest BCUT2D eigenvalue weighted by atomic mass is 35.5. The first-order chi connectivity index (χ1) is 14.3. The van der Waals surface area contributed by atoms with Gasteiger partial charge in [-0.3, -0.25) is 9.59 Å². The van der Waals surface area contributed by atoms with Gasteiger partial charge in [0.05, 0.1) is 36.4 Å². The number of hydrogen-bond acceptors (Lipinski definition) is 6. The molecular weight excluding hydrogens is 426 g/mol. The summed E-state index contributed by atoms with van der Waals surface area (Å²) in [4.78, 5) is 28.3. The number of ether oxygens (including phenoxy) is 2. The fourth-order valence-corrected chi connectivity index (χ4v) is 4.85. The monoisotopic (exact) mass is 449 g/mol. The molecule has 2 heterocycles. The highest BCUT2D eigenvalue weighted by Crippen LogP contribution is 2.45. The van der Waals surface area contributed by atoms with Gasteiger partial charge in [0, 0.05) is 17.5 Å². The second-order valence-electron chi connectivity index (χ2n) is 7.00. The molecule has 0 spiro atoms. The lowest BCUT2D eigenvalue weighted by molar-refractivity contribution is -0.139. The lowest BCUT2D eigenvalue weighted by Crippen LogP contribution is -2.30. The van der Waals surface area contributed by atoms with Crippen LogP contribution in [0.2, 0.25) is 5.02 Å². The molecule has 1 aliphatic heterocycles. The van der Waals surface area contributed by atoms with Crippen LogP contribution in [-0.4, -0.2) is 42.5 Å². The van der Waals surface area contributed by atoms with Crippen molar-refractivity contribution in [3.05, 3.63) is 50.2 Å². The van der Waals surface area contributed by atoms with Gasteiger partial charge < -0.3 is 19.5 Å². The first kappa shape index (κ1) is 22.2. The van der Waals surface area contributed by atoms with E-state index in [1.807, 2.05) is 25.3 Å². The molecule has 1 saturated heterocycles. The van der Waals surface area contributed by atoms with Gasteiger partial charge in [0.15, 0.2) is 0 Å². The molecule has 1 unspecified atom stereocenters. The standard InChI is InChI=1S/C22H24ClNO5S/c1-5-6-8-24-18(21-12(2)7-9-30-21)17(20(26)22(24)27)19(25)13-10-14(23)16(29-4)11-15(13)28-3/h7,9-11,18,25H,5-6,8H2,1-4H3/b19-17+. The summed E-state index contributed by atoms with van der Waals surface area (Å²) in [5, 5.41) is 13.4. The van der Waals surface area contributed by atoms with Crippen LogP contribution in [0, 0.1) is 6.92 Å². The third kappa shape index (κ3) is 3.79. The number of likely N-dealkylation sites (tertiary alicyclic amines) is 1. The number of unbranched alkanes of at least 4 members (excludes halogenated alkanes) is 1. The number of aliphatic hydroxyl groups is 1. The van der Waals surface area contributed by atoms with Crippen LogP contribution in [-0.2, 0) is 9.59 Å². The number of amides is 1. The molecule has 0 bridgehead atoms. The molecule has 0 saturated carbocycles. The summed E-state index contributed by atoms with van der Waals surface area (Å²) in [6.45, 7) is 4.38. The Morgan fingerprint density at radius 3 is 2.50 bits per heavy atom. The molecule has 1 atom stereocenters. The third-order valence-corrected chi connectivity index (χ3v) is 6.54. The summed E-state index contributed by atoms with van der Waals surface area (Å²) in [5.74, 6) is -0.974. The number of methoxy groups -OCH3 is 2. The average Bonchev–Trinajstić information content (AvgIpc) is 3.26. The van der Waals surface area contributed by atoms with E-state index in [1.54, 1.807) is 4.90 Å². The molecule has 2 aromatic rings. The fraction of sp³-hybridized carbons (Fsp3) is 0.364. The molecule has 6 nitrogen and oxygen atoms in total. The van der Waals surface area contributed by atoms with Crippen molar-refractivity contribution in [3.63, 3.8) is 0 Å². The van der Waals surface area contributed by atoms with E-state index in [9.17, 15) is 14.7 Å². The Kier molecular flexibility index (Phi) is 6.73. The van der Waals surface area contributed by atoms with Gasteiger partial charge in [0.25, 0.3) is 11.7 Å². The summed E-state index contributed by atoms with van der Waals surface area (Å²) in [7, 11) is 2.92. The van der Waals surface area contributed by atoms with Crippen molar-refractivity contribution in [3.8, 4) is 11.5 Å². The van der Waals surface area contributed by atoms with Crippen LogP contribution in [0.1, 0.15) is 41.8 Å². The topological polar surface area (TPSA) is 76.1 Å². The molecule has 160 valence electrons. The SMILES string of the molecule is CCCCN1C(=O)C(=O)/C(=C(/O)c2cc(Cl)c(OC)cc2OC)C1c1sccc1C. The molecule has 1 aromatic heterocycles. The Morgan fingerprint density at radius 2 is 1.93 bits per heavy atom. The van der Waals surface area contributed by atoms with Gasteiger partial charge in [0.1, 0.15) is 17.3 Å². The Hall–Kier alpha value is -2.51. The Balaban J connectivity index is 2.24. The predicted molar refractivity (Wildman–Crippen MR) is 118 cm³/mol. The summed E-state index contributed by atoms with van der Waals surface area (Å²) in [6.07, 6.45) is 1.63. The van der Waals surface area contributed by atoms with Gasteiger partial charge in [0.2, 0.25) is 0 Å². The minimum absolute atomic E-state index is 0.0428. The smallest absolute Gasteiger partial charge is 0.295 e. The normalized spacial score (nSPS) is 18.2. The van der Waals surface area contributed by atoms with Crippen molar-refractivity contribution in [1.29, 1.82) is 0 Å². The molecule has 1 amide bonds. The molecule has 1 N–H and O–H groups in total. The molecule has 0 radical (unpaired) electrons. The van der Waals surface area contributed by atoms with Gasteiger partial charge in [-0.15, -0.1) is 11.3 Å². The number of ketones is 1. The van der Waals surface area contributed by atoms with Gasteiger partial charge in [-0.05, 0) is 36.4 Å². The Morgan fingerprint density at radius 1 is 1.23 bits per heavy atom. The van der Waals surface area contributed by atoms with Crippen LogP contribution >= 0.6 is 22.9 Å². The van der Waals surface area contributed by atoms with Gasteiger partial charge >= 0.3 is 0 Å². The van der Waals surface area contributed by atoms with E-state index < -0.39 is 17.7 Å². The van der Waals surface area contributed by atoms with Crippen molar-refractivity contribution < 1.29 is 24.2 Å². The number of aliphatic hydroxyl groups excluding tert-OH is 1. The van der Waals surface area contributed by atoms with Crippen molar-refractivity contribution in [2.45, 2.75) is 32.7 Å². The second kappa shape index (κ2) is 9.10. The van der Waals surface area contributed by atoms with Gasteiger partial charge in [-0.1, -0.05) is 24.9 Å².